The summed E-state index contributed by atoms with van der Waals surface area (Å²) in [5, 5.41) is 14.8. The van der Waals surface area contributed by atoms with E-state index >= 15 is 0 Å². The van der Waals surface area contributed by atoms with Crippen LogP contribution in [-0.2, 0) is 11.2 Å². The van der Waals surface area contributed by atoms with Gasteiger partial charge in [-0.1, -0.05) is 19.3 Å². The van der Waals surface area contributed by atoms with Gasteiger partial charge in [0.2, 0.25) is 5.91 Å². The molecule has 0 atom stereocenters. The van der Waals surface area contributed by atoms with Crippen LogP contribution in [0, 0.1) is 0 Å². The van der Waals surface area contributed by atoms with E-state index in [0.29, 0.717) is 10.8 Å². The minimum atomic E-state index is -0.420. The van der Waals surface area contributed by atoms with E-state index in [1.807, 2.05) is 0 Å². The third kappa shape index (κ3) is 3.20. The maximum absolute atomic E-state index is 12.0. The normalized spacial score (nSPS) is 18.5. The first-order chi connectivity index (χ1) is 8.63. The van der Waals surface area contributed by atoms with E-state index in [1.54, 1.807) is 5.38 Å². The van der Waals surface area contributed by atoms with Crippen LogP contribution >= 0.6 is 11.3 Å². The van der Waals surface area contributed by atoms with Crippen LogP contribution < -0.4 is 11.1 Å². The van der Waals surface area contributed by atoms with Crippen LogP contribution in [0.15, 0.2) is 5.38 Å². The predicted octanol–water partition coefficient (Wildman–Crippen LogP) is 1.08. The number of nitrogens with zero attached hydrogens (tertiary/aromatic N) is 1. The van der Waals surface area contributed by atoms with Crippen LogP contribution in [0.3, 0.4) is 0 Å². The number of aromatic nitrogens is 1. The number of carbonyl (C=O) groups excluding carboxylic acids is 1. The molecule has 1 amide bonds. The summed E-state index contributed by atoms with van der Waals surface area (Å²) in [7, 11) is 0. The van der Waals surface area contributed by atoms with Crippen molar-refractivity contribution in [2.45, 2.75) is 44.1 Å². The molecule has 1 aliphatic rings. The van der Waals surface area contributed by atoms with Gasteiger partial charge in [0, 0.05) is 5.38 Å². The van der Waals surface area contributed by atoms with Crippen LogP contribution in [0.25, 0.3) is 0 Å². The first-order valence-corrected chi connectivity index (χ1v) is 7.13. The Balaban J connectivity index is 1.93. The summed E-state index contributed by atoms with van der Waals surface area (Å²) in [6.07, 6.45) is 5.24. The molecule has 1 heterocycles. The van der Waals surface area contributed by atoms with Crippen molar-refractivity contribution in [1.82, 2.24) is 10.3 Å². The molecule has 0 spiro atoms. The number of hydrogen-bond acceptors (Lipinski definition) is 5. The van der Waals surface area contributed by atoms with Gasteiger partial charge in [0.1, 0.15) is 0 Å². The molecule has 0 radical (unpaired) electrons. The van der Waals surface area contributed by atoms with Gasteiger partial charge in [-0.2, -0.15) is 0 Å². The van der Waals surface area contributed by atoms with Crippen molar-refractivity contribution in [2.75, 3.05) is 12.3 Å². The number of anilines is 1. The summed E-state index contributed by atoms with van der Waals surface area (Å²) in [5.74, 6) is -0.0868. The topological polar surface area (TPSA) is 88.2 Å². The molecule has 1 saturated carbocycles. The third-order valence-electron chi connectivity index (χ3n) is 3.43. The van der Waals surface area contributed by atoms with Gasteiger partial charge in [0.15, 0.2) is 5.13 Å². The quantitative estimate of drug-likeness (QED) is 0.763. The molecule has 18 heavy (non-hydrogen) atoms. The SMILES string of the molecule is Nc1nc(CC(=O)NC2(CO)CCCCC2)cs1. The molecular weight excluding hydrogens is 250 g/mol. The molecule has 5 nitrogen and oxygen atoms in total. The molecule has 0 aromatic carbocycles. The zero-order valence-electron chi connectivity index (χ0n) is 10.3. The molecule has 1 fully saturated rings. The lowest BCUT2D eigenvalue weighted by Crippen LogP contribution is -2.53. The zero-order valence-corrected chi connectivity index (χ0v) is 11.1. The standard InChI is InChI=1S/C12H19N3O2S/c13-11-14-9(7-18-11)6-10(17)15-12(8-16)4-2-1-3-5-12/h7,16H,1-6,8H2,(H2,13,14)(H,15,17). The average molecular weight is 269 g/mol. The van der Waals surface area contributed by atoms with Crippen molar-refractivity contribution >= 4 is 22.4 Å². The summed E-state index contributed by atoms with van der Waals surface area (Å²) in [5.41, 5.74) is 5.80. The van der Waals surface area contributed by atoms with Gasteiger partial charge < -0.3 is 16.2 Å². The minimum Gasteiger partial charge on any atom is -0.394 e. The van der Waals surface area contributed by atoms with Crippen LogP contribution in [-0.4, -0.2) is 28.1 Å². The average Bonchev–Trinajstić information content (AvgIpc) is 2.75. The van der Waals surface area contributed by atoms with Gasteiger partial charge in [0.25, 0.3) is 0 Å². The van der Waals surface area contributed by atoms with Crippen LogP contribution in [0.1, 0.15) is 37.8 Å². The highest BCUT2D eigenvalue weighted by Gasteiger charge is 2.32. The van der Waals surface area contributed by atoms with Gasteiger partial charge in [-0.25, -0.2) is 4.98 Å². The number of carbonyl (C=O) groups is 1. The van der Waals surface area contributed by atoms with Crippen molar-refractivity contribution < 1.29 is 9.90 Å². The molecule has 1 aromatic rings. The van der Waals surface area contributed by atoms with Crippen LogP contribution in [0.5, 0.6) is 0 Å². The largest absolute Gasteiger partial charge is 0.394 e. The number of thiazole rings is 1. The monoisotopic (exact) mass is 269 g/mol. The van der Waals surface area contributed by atoms with Gasteiger partial charge in [0.05, 0.1) is 24.3 Å². The Morgan fingerprint density at radius 3 is 2.78 bits per heavy atom. The van der Waals surface area contributed by atoms with E-state index in [4.69, 9.17) is 5.73 Å². The molecule has 1 aromatic heterocycles. The van der Waals surface area contributed by atoms with Crippen LogP contribution in [0.4, 0.5) is 5.13 Å². The van der Waals surface area contributed by atoms with Crippen molar-refractivity contribution in [3.63, 3.8) is 0 Å². The van der Waals surface area contributed by atoms with Crippen LogP contribution in [0.2, 0.25) is 0 Å². The third-order valence-corrected chi connectivity index (χ3v) is 4.15. The predicted molar refractivity (Wildman–Crippen MR) is 71.3 cm³/mol. The van der Waals surface area contributed by atoms with E-state index < -0.39 is 5.54 Å². The Morgan fingerprint density at radius 2 is 2.22 bits per heavy atom. The second-order valence-electron chi connectivity index (χ2n) is 4.90. The van der Waals surface area contributed by atoms with Gasteiger partial charge in [-0.15, -0.1) is 11.3 Å². The number of nitrogens with two attached hydrogens (primary N) is 1. The van der Waals surface area contributed by atoms with E-state index in [1.165, 1.54) is 17.8 Å². The number of hydrogen-bond donors (Lipinski definition) is 3. The highest BCUT2D eigenvalue weighted by molar-refractivity contribution is 7.13. The molecule has 0 bridgehead atoms. The number of nitrogens with one attached hydrogen (secondary N) is 1. The lowest BCUT2D eigenvalue weighted by Gasteiger charge is -2.36. The Hall–Kier alpha value is -1.14. The molecule has 4 N–H and O–H groups in total. The highest BCUT2D eigenvalue weighted by Crippen LogP contribution is 2.27. The zero-order chi connectivity index (χ0) is 13.0. The first-order valence-electron chi connectivity index (χ1n) is 6.25. The van der Waals surface area contributed by atoms with E-state index in [2.05, 4.69) is 10.3 Å². The fourth-order valence-corrected chi connectivity index (χ4v) is 3.02. The minimum absolute atomic E-state index is 0.0118. The molecule has 6 heteroatoms. The first kappa shape index (κ1) is 13.3. The van der Waals surface area contributed by atoms with Crippen molar-refractivity contribution in [3.05, 3.63) is 11.1 Å². The Bertz CT molecular complexity index is 413. The Kier molecular flexibility index (Phi) is 4.19. The second kappa shape index (κ2) is 5.67. The molecule has 0 saturated heterocycles. The highest BCUT2D eigenvalue weighted by atomic mass is 32.1. The molecule has 1 aliphatic carbocycles. The summed E-state index contributed by atoms with van der Waals surface area (Å²) in [6.45, 7) is 0.0118. The number of nitrogen functional groups attached to an aromatic ring is 1. The van der Waals surface area contributed by atoms with Gasteiger partial charge in [-0.3, -0.25) is 4.79 Å². The summed E-state index contributed by atoms with van der Waals surface area (Å²) in [4.78, 5) is 16.0. The molecular formula is C12H19N3O2S. The number of amides is 1. The van der Waals surface area contributed by atoms with E-state index in [0.717, 1.165) is 25.7 Å². The summed E-state index contributed by atoms with van der Waals surface area (Å²) < 4.78 is 0. The number of rotatable bonds is 4. The lowest BCUT2D eigenvalue weighted by molar-refractivity contribution is -0.123. The molecule has 2 rings (SSSR count). The second-order valence-corrected chi connectivity index (χ2v) is 5.79. The van der Waals surface area contributed by atoms with E-state index in [-0.39, 0.29) is 18.9 Å². The van der Waals surface area contributed by atoms with Crippen molar-refractivity contribution in [3.8, 4) is 0 Å². The van der Waals surface area contributed by atoms with E-state index in [9.17, 15) is 9.90 Å². The Morgan fingerprint density at radius 1 is 1.50 bits per heavy atom. The summed E-state index contributed by atoms with van der Waals surface area (Å²) >= 11 is 1.33. The Labute approximate surface area is 110 Å². The fraction of sp³-hybridized carbons (Fsp3) is 0.667. The smallest absolute Gasteiger partial charge is 0.226 e. The maximum Gasteiger partial charge on any atom is 0.226 e. The number of aliphatic hydroxyl groups is 1. The lowest BCUT2D eigenvalue weighted by atomic mass is 9.82. The molecule has 0 unspecified atom stereocenters. The molecule has 0 aliphatic heterocycles. The van der Waals surface area contributed by atoms with Gasteiger partial charge in [-0.05, 0) is 12.8 Å². The molecule has 100 valence electrons. The van der Waals surface area contributed by atoms with Crippen molar-refractivity contribution in [1.29, 1.82) is 0 Å². The maximum atomic E-state index is 12.0. The number of aliphatic hydroxyl groups excluding tert-OH is 1. The van der Waals surface area contributed by atoms with Crippen molar-refractivity contribution in [2.24, 2.45) is 0 Å². The van der Waals surface area contributed by atoms with Gasteiger partial charge >= 0.3 is 0 Å². The fourth-order valence-electron chi connectivity index (χ4n) is 2.46. The summed E-state index contributed by atoms with van der Waals surface area (Å²) in [6, 6.07) is 0.